The van der Waals surface area contributed by atoms with Crippen molar-refractivity contribution in [2.75, 3.05) is 19.8 Å². The fourth-order valence-electron chi connectivity index (χ4n) is 1.61. The third kappa shape index (κ3) is 7.42. The summed E-state index contributed by atoms with van der Waals surface area (Å²) in [6.45, 7) is 11.9. The van der Waals surface area contributed by atoms with Gasteiger partial charge in [0.2, 0.25) is 0 Å². The first-order valence-corrected chi connectivity index (χ1v) is 6.79. The molecule has 0 aliphatic heterocycles. The lowest BCUT2D eigenvalue weighted by atomic mass is 9.91. The topological polar surface area (TPSA) is 78.9 Å². The summed E-state index contributed by atoms with van der Waals surface area (Å²) in [5, 5.41) is 0. The summed E-state index contributed by atoms with van der Waals surface area (Å²) in [5.74, 6) is -3.91. The molecule has 0 spiro atoms. The van der Waals surface area contributed by atoms with Gasteiger partial charge in [-0.3, -0.25) is 14.4 Å². The number of rotatable bonds is 11. The third-order valence-corrected chi connectivity index (χ3v) is 2.61. The van der Waals surface area contributed by atoms with Gasteiger partial charge in [-0.1, -0.05) is 44.9 Å². The van der Waals surface area contributed by atoms with Crippen molar-refractivity contribution >= 4 is 17.9 Å². The molecular weight excluding hydrogens is 288 g/mol. The SMILES string of the molecule is C=CCOC(=O)CC(C)C(C(=O)OCC=C)C(=O)OCC=C. The zero-order chi connectivity index (χ0) is 17.0. The molecule has 22 heavy (non-hydrogen) atoms. The predicted octanol–water partition coefficient (Wildman–Crippen LogP) is 1.82. The monoisotopic (exact) mass is 310 g/mol. The zero-order valence-corrected chi connectivity index (χ0v) is 12.8. The highest BCUT2D eigenvalue weighted by molar-refractivity contribution is 5.95. The van der Waals surface area contributed by atoms with E-state index in [1.807, 2.05) is 0 Å². The predicted molar refractivity (Wildman–Crippen MR) is 80.7 cm³/mol. The Hall–Kier alpha value is -2.37. The van der Waals surface area contributed by atoms with Crippen molar-refractivity contribution in [3.05, 3.63) is 38.0 Å². The van der Waals surface area contributed by atoms with Gasteiger partial charge in [-0.05, 0) is 5.92 Å². The van der Waals surface area contributed by atoms with E-state index in [-0.39, 0.29) is 26.2 Å². The lowest BCUT2D eigenvalue weighted by Gasteiger charge is -2.20. The van der Waals surface area contributed by atoms with E-state index >= 15 is 0 Å². The molecule has 0 aliphatic carbocycles. The van der Waals surface area contributed by atoms with E-state index in [1.54, 1.807) is 6.92 Å². The number of hydrogen-bond acceptors (Lipinski definition) is 6. The van der Waals surface area contributed by atoms with Crippen LogP contribution in [0.25, 0.3) is 0 Å². The Labute approximate surface area is 130 Å². The van der Waals surface area contributed by atoms with Crippen LogP contribution in [0.15, 0.2) is 38.0 Å². The van der Waals surface area contributed by atoms with Crippen molar-refractivity contribution in [2.45, 2.75) is 13.3 Å². The van der Waals surface area contributed by atoms with Gasteiger partial charge >= 0.3 is 17.9 Å². The highest BCUT2D eigenvalue weighted by atomic mass is 16.6. The Bertz CT molecular complexity index is 402. The van der Waals surface area contributed by atoms with Gasteiger partial charge in [-0.2, -0.15) is 0 Å². The largest absolute Gasteiger partial charge is 0.461 e. The van der Waals surface area contributed by atoms with E-state index in [0.29, 0.717) is 0 Å². The van der Waals surface area contributed by atoms with Gasteiger partial charge in [0.1, 0.15) is 19.8 Å². The van der Waals surface area contributed by atoms with E-state index in [0.717, 1.165) is 0 Å². The summed E-state index contributed by atoms with van der Waals surface area (Å²) in [4.78, 5) is 35.5. The normalized spacial score (nSPS) is 11.2. The molecule has 1 atom stereocenters. The molecule has 6 heteroatoms. The molecule has 6 nitrogen and oxygen atoms in total. The van der Waals surface area contributed by atoms with Crippen molar-refractivity contribution in [1.82, 2.24) is 0 Å². The summed E-state index contributed by atoms with van der Waals surface area (Å²) in [5.41, 5.74) is 0. The molecule has 0 heterocycles. The van der Waals surface area contributed by atoms with Crippen LogP contribution in [0.2, 0.25) is 0 Å². The molecule has 0 radical (unpaired) electrons. The molecule has 0 aromatic heterocycles. The van der Waals surface area contributed by atoms with E-state index in [2.05, 4.69) is 19.7 Å². The van der Waals surface area contributed by atoms with Crippen molar-refractivity contribution in [3.63, 3.8) is 0 Å². The van der Waals surface area contributed by atoms with Crippen molar-refractivity contribution in [3.8, 4) is 0 Å². The summed E-state index contributed by atoms with van der Waals surface area (Å²) in [7, 11) is 0. The molecule has 0 rings (SSSR count). The highest BCUT2D eigenvalue weighted by Crippen LogP contribution is 2.20. The second kappa shape index (κ2) is 11.3. The minimum absolute atomic E-state index is 0.0301. The molecule has 122 valence electrons. The second-order valence-corrected chi connectivity index (χ2v) is 4.47. The van der Waals surface area contributed by atoms with Gasteiger partial charge < -0.3 is 14.2 Å². The number of ether oxygens (including phenoxy) is 3. The van der Waals surface area contributed by atoms with E-state index < -0.39 is 29.7 Å². The molecular formula is C16H22O6. The maximum absolute atomic E-state index is 12.0. The average Bonchev–Trinajstić information content (AvgIpc) is 2.48. The Morgan fingerprint density at radius 2 is 1.27 bits per heavy atom. The van der Waals surface area contributed by atoms with Crippen molar-refractivity contribution < 1.29 is 28.6 Å². The number of carbonyl (C=O) groups excluding carboxylic acids is 3. The quantitative estimate of drug-likeness (QED) is 0.251. The molecule has 0 aliphatic rings. The van der Waals surface area contributed by atoms with E-state index in [9.17, 15) is 14.4 Å². The van der Waals surface area contributed by atoms with Crippen LogP contribution in [0.5, 0.6) is 0 Å². The minimum atomic E-state index is -1.21. The van der Waals surface area contributed by atoms with E-state index in [1.165, 1.54) is 18.2 Å². The number of carbonyl (C=O) groups is 3. The summed E-state index contributed by atoms with van der Waals surface area (Å²) in [6.07, 6.45) is 4.07. The Balaban J connectivity index is 4.86. The maximum atomic E-state index is 12.0. The second-order valence-electron chi connectivity index (χ2n) is 4.47. The summed E-state index contributed by atoms with van der Waals surface area (Å²) < 4.78 is 14.6. The van der Waals surface area contributed by atoms with Gasteiger partial charge in [-0.15, -0.1) is 0 Å². The summed E-state index contributed by atoms with van der Waals surface area (Å²) >= 11 is 0. The van der Waals surface area contributed by atoms with Crippen LogP contribution in [0.3, 0.4) is 0 Å². The van der Waals surface area contributed by atoms with Crippen molar-refractivity contribution in [1.29, 1.82) is 0 Å². The fraction of sp³-hybridized carbons (Fsp3) is 0.438. The molecule has 0 aromatic rings. The van der Waals surface area contributed by atoms with Crippen LogP contribution in [-0.4, -0.2) is 37.7 Å². The lowest BCUT2D eigenvalue weighted by Crippen LogP contribution is -2.34. The Morgan fingerprint density at radius 1 is 0.864 bits per heavy atom. The van der Waals surface area contributed by atoms with Crippen LogP contribution >= 0.6 is 0 Å². The molecule has 0 fully saturated rings. The van der Waals surface area contributed by atoms with Gasteiger partial charge in [0, 0.05) is 6.42 Å². The Kier molecular flexibility index (Phi) is 10.1. The molecule has 0 N–H and O–H groups in total. The van der Waals surface area contributed by atoms with Crippen LogP contribution < -0.4 is 0 Å². The molecule has 0 saturated heterocycles. The zero-order valence-electron chi connectivity index (χ0n) is 12.8. The van der Waals surface area contributed by atoms with Gasteiger partial charge in [0.25, 0.3) is 0 Å². The van der Waals surface area contributed by atoms with E-state index in [4.69, 9.17) is 14.2 Å². The first kappa shape index (κ1) is 19.6. The highest BCUT2D eigenvalue weighted by Gasteiger charge is 2.36. The lowest BCUT2D eigenvalue weighted by molar-refractivity contribution is -0.164. The number of esters is 3. The smallest absolute Gasteiger partial charge is 0.320 e. The first-order valence-electron chi connectivity index (χ1n) is 6.79. The number of hydrogen-bond donors (Lipinski definition) is 0. The molecule has 0 aromatic carbocycles. The van der Waals surface area contributed by atoms with Crippen LogP contribution in [0.4, 0.5) is 0 Å². The van der Waals surface area contributed by atoms with Crippen molar-refractivity contribution in [2.24, 2.45) is 11.8 Å². The molecule has 1 unspecified atom stereocenters. The van der Waals surface area contributed by atoms with Gasteiger partial charge in [-0.25, -0.2) is 0 Å². The van der Waals surface area contributed by atoms with Crippen LogP contribution in [0.1, 0.15) is 13.3 Å². The average molecular weight is 310 g/mol. The Morgan fingerprint density at radius 3 is 1.68 bits per heavy atom. The molecule has 0 amide bonds. The van der Waals surface area contributed by atoms with Gasteiger partial charge in [0.05, 0.1) is 0 Å². The molecule has 0 bridgehead atoms. The summed E-state index contributed by atoms with van der Waals surface area (Å²) in [6, 6.07) is 0. The molecule has 0 saturated carbocycles. The maximum Gasteiger partial charge on any atom is 0.320 e. The fourth-order valence-corrected chi connectivity index (χ4v) is 1.61. The third-order valence-electron chi connectivity index (χ3n) is 2.61. The van der Waals surface area contributed by atoms with Gasteiger partial charge in [0.15, 0.2) is 5.92 Å². The van der Waals surface area contributed by atoms with Crippen LogP contribution in [0, 0.1) is 11.8 Å². The standard InChI is InChI=1S/C16H22O6/c1-5-8-20-13(17)11-12(4)14(15(18)21-9-6-2)16(19)22-10-7-3/h5-7,12,14H,1-3,8-11H2,4H3. The first-order chi connectivity index (χ1) is 10.5. The van der Waals surface area contributed by atoms with Crippen LogP contribution in [-0.2, 0) is 28.6 Å². The minimum Gasteiger partial charge on any atom is -0.461 e.